The molecule has 0 saturated heterocycles. The van der Waals surface area contributed by atoms with Crippen LogP contribution in [-0.2, 0) is 19.0 Å². The van der Waals surface area contributed by atoms with Gasteiger partial charge >= 0.3 is 5.97 Å². The molecular formula is C15H20O5S2. The molecule has 2 unspecified atom stereocenters. The zero-order valence-electron chi connectivity index (χ0n) is 12.7. The minimum atomic E-state index is -3.40. The number of rotatable bonds is 5. The number of thioether (sulfide) groups is 1. The fraction of sp³-hybridized carbons (Fsp3) is 0.533. The molecule has 0 aromatic heterocycles. The van der Waals surface area contributed by atoms with E-state index in [0.29, 0.717) is 10.8 Å². The lowest BCUT2D eigenvalue weighted by atomic mass is 9.97. The van der Waals surface area contributed by atoms with Gasteiger partial charge < -0.3 is 4.74 Å². The van der Waals surface area contributed by atoms with Crippen LogP contribution in [0.3, 0.4) is 0 Å². The number of benzene rings is 1. The molecule has 1 aromatic rings. The average molecular weight is 344 g/mol. The zero-order chi connectivity index (χ0) is 16.2. The van der Waals surface area contributed by atoms with Crippen molar-refractivity contribution < 1.29 is 22.1 Å². The largest absolute Gasteiger partial charge is 0.465 e. The van der Waals surface area contributed by atoms with E-state index < -0.39 is 10.1 Å². The van der Waals surface area contributed by atoms with Crippen molar-refractivity contribution in [1.82, 2.24) is 0 Å². The van der Waals surface area contributed by atoms with Crippen LogP contribution >= 0.6 is 11.8 Å². The van der Waals surface area contributed by atoms with E-state index in [1.165, 1.54) is 7.11 Å². The van der Waals surface area contributed by atoms with Crippen LogP contribution in [0.15, 0.2) is 29.2 Å². The summed E-state index contributed by atoms with van der Waals surface area (Å²) in [7, 11) is -2.04. The quantitative estimate of drug-likeness (QED) is 0.604. The van der Waals surface area contributed by atoms with E-state index in [2.05, 4.69) is 4.74 Å². The number of methoxy groups -OCH3 is 1. The van der Waals surface area contributed by atoms with Crippen molar-refractivity contribution in [2.24, 2.45) is 0 Å². The molecule has 0 aliphatic heterocycles. The van der Waals surface area contributed by atoms with Gasteiger partial charge in [-0.25, -0.2) is 4.79 Å². The molecule has 0 radical (unpaired) electrons. The van der Waals surface area contributed by atoms with Crippen LogP contribution in [0.1, 0.15) is 36.0 Å². The summed E-state index contributed by atoms with van der Waals surface area (Å²) in [4.78, 5) is 12.4. The summed E-state index contributed by atoms with van der Waals surface area (Å²) in [6.07, 6.45) is 4.36. The highest BCUT2D eigenvalue weighted by Gasteiger charge is 2.26. The Morgan fingerprint density at radius 3 is 2.50 bits per heavy atom. The number of carbonyl (C=O) groups is 1. The van der Waals surface area contributed by atoms with Crippen LogP contribution in [0.5, 0.6) is 0 Å². The number of ether oxygens (including phenoxy) is 1. The van der Waals surface area contributed by atoms with Crippen LogP contribution in [0.4, 0.5) is 0 Å². The first-order valence-corrected chi connectivity index (χ1v) is 9.80. The van der Waals surface area contributed by atoms with E-state index in [1.807, 2.05) is 12.1 Å². The van der Waals surface area contributed by atoms with Crippen molar-refractivity contribution in [3.05, 3.63) is 29.8 Å². The van der Waals surface area contributed by atoms with Gasteiger partial charge in [-0.05, 0) is 49.9 Å². The molecule has 1 fully saturated rings. The molecule has 0 heterocycles. The van der Waals surface area contributed by atoms with Crippen molar-refractivity contribution in [3.8, 4) is 0 Å². The monoisotopic (exact) mass is 344 g/mol. The third-order valence-corrected chi connectivity index (χ3v) is 5.39. The minimum Gasteiger partial charge on any atom is -0.465 e. The van der Waals surface area contributed by atoms with Crippen LogP contribution in [0.2, 0.25) is 0 Å². The number of hydrogen-bond donors (Lipinski definition) is 0. The van der Waals surface area contributed by atoms with Gasteiger partial charge in [-0.3, -0.25) is 4.18 Å². The molecule has 1 saturated carbocycles. The lowest BCUT2D eigenvalue weighted by molar-refractivity contribution is 0.0600. The van der Waals surface area contributed by atoms with Crippen LogP contribution in [-0.4, -0.2) is 39.1 Å². The second kappa shape index (κ2) is 7.48. The van der Waals surface area contributed by atoms with Crippen molar-refractivity contribution in [2.75, 3.05) is 13.4 Å². The normalized spacial score (nSPS) is 22.3. The second-order valence-electron chi connectivity index (χ2n) is 5.34. The number of esters is 1. The van der Waals surface area contributed by atoms with Crippen LogP contribution < -0.4 is 0 Å². The van der Waals surface area contributed by atoms with Crippen LogP contribution in [0, 0.1) is 0 Å². The highest BCUT2D eigenvalue weighted by molar-refractivity contribution is 8.00. The van der Waals surface area contributed by atoms with Gasteiger partial charge in [-0.2, -0.15) is 8.42 Å². The summed E-state index contributed by atoms with van der Waals surface area (Å²) in [5.41, 5.74) is 0.522. The Morgan fingerprint density at radius 2 is 1.91 bits per heavy atom. The smallest absolute Gasteiger partial charge is 0.337 e. The summed E-state index contributed by atoms with van der Waals surface area (Å²) in [5, 5.41) is 0.324. The second-order valence-corrected chi connectivity index (χ2v) is 8.32. The molecule has 1 aromatic carbocycles. The molecule has 2 atom stereocenters. The third kappa shape index (κ3) is 5.30. The van der Waals surface area contributed by atoms with Gasteiger partial charge in [0.1, 0.15) is 0 Å². The molecule has 5 nitrogen and oxygen atoms in total. The molecule has 122 valence electrons. The zero-order valence-corrected chi connectivity index (χ0v) is 14.3. The summed E-state index contributed by atoms with van der Waals surface area (Å²) in [5.74, 6) is -0.351. The average Bonchev–Trinajstić information content (AvgIpc) is 2.46. The van der Waals surface area contributed by atoms with E-state index in [0.717, 1.165) is 36.8 Å². The van der Waals surface area contributed by atoms with Crippen molar-refractivity contribution in [1.29, 1.82) is 0 Å². The van der Waals surface area contributed by atoms with Gasteiger partial charge in [0.2, 0.25) is 0 Å². The molecule has 0 amide bonds. The summed E-state index contributed by atoms with van der Waals surface area (Å²) in [6.45, 7) is 0. The lowest BCUT2D eigenvalue weighted by Crippen LogP contribution is -2.26. The van der Waals surface area contributed by atoms with Crippen molar-refractivity contribution >= 4 is 27.8 Å². The summed E-state index contributed by atoms with van der Waals surface area (Å²) < 4.78 is 32.2. The Kier molecular flexibility index (Phi) is 5.88. The van der Waals surface area contributed by atoms with E-state index >= 15 is 0 Å². The maximum absolute atomic E-state index is 11.4. The Morgan fingerprint density at radius 1 is 1.23 bits per heavy atom. The SMILES string of the molecule is COC(=O)c1ccc(SC2CCCC(OS(C)(=O)=O)C2)cc1. The standard InChI is InChI=1S/C15H20O5S2/c1-19-15(16)11-6-8-13(9-7-11)21-14-5-3-4-12(10-14)20-22(2,17)18/h6-9,12,14H,3-5,10H2,1-2H3. The van der Waals surface area contributed by atoms with E-state index in [4.69, 9.17) is 4.18 Å². The molecular weight excluding hydrogens is 324 g/mol. The topological polar surface area (TPSA) is 69.7 Å². The Hall–Kier alpha value is -1.05. The first kappa shape index (κ1) is 17.3. The number of hydrogen-bond acceptors (Lipinski definition) is 6. The fourth-order valence-electron chi connectivity index (χ4n) is 2.52. The highest BCUT2D eigenvalue weighted by atomic mass is 32.2. The molecule has 0 bridgehead atoms. The maximum atomic E-state index is 11.4. The predicted octanol–water partition coefficient (Wildman–Crippen LogP) is 2.85. The Balaban J connectivity index is 1.94. The third-order valence-electron chi connectivity index (χ3n) is 3.47. The van der Waals surface area contributed by atoms with Crippen molar-refractivity contribution in [2.45, 2.75) is 41.9 Å². The maximum Gasteiger partial charge on any atom is 0.337 e. The van der Waals surface area contributed by atoms with Gasteiger partial charge in [0.05, 0.1) is 25.0 Å². The molecule has 1 aliphatic carbocycles. The molecule has 7 heteroatoms. The van der Waals surface area contributed by atoms with Gasteiger partial charge in [0.15, 0.2) is 0 Å². The van der Waals surface area contributed by atoms with Gasteiger partial charge in [0, 0.05) is 10.1 Å². The lowest BCUT2D eigenvalue weighted by Gasteiger charge is -2.27. The first-order chi connectivity index (χ1) is 10.4. The van der Waals surface area contributed by atoms with Crippen LogP contribution in [0.25, 0.3) is 0 Å². The van der Waals surface area contributed by atoms with Gasteiger partial charge in [-0.15, -0.1) is 11.8 Å². The van der Waals surface area contributed by atoms with Crippen molar-refractivity contribution in [3.63, 3.8) is 0 Å². The predicted molar refractivity (Wildman–Crippen MR) is 85.6 cm³/mol. The molecule has 1 aliphatic rings. The number of carbonyl (C=O) groups excluding carboxylic acids is 1. The molecule has 0 N–H and O–H groups in total. The Labute approximate surface area is 135 Å². The highest BCUT2D eigenvalue weighted by Crippen LogP contribution is 2.35. The summed E-state index contributed by atoms with van der Waals surface area (Å²) >= 11 is 1.70. The van der Waals surface area contributed by atoms with Gasteiger partial charge in [-0.1, -0.05) is 0 Å². The Bertz CT molecular complexity index is 609. The minimum absolute atomic E-state index is 0.226. The molecule has 22 heavy (non-hydrogen) atoms. The van der Waals surface area contributed by atoms with Gasteiger partial charge in [0.25, 0.3) is 10.1 Å². The van der Waals surface area contributed by atoms with E-state index in [-0.39, 0.29) is 12.1 Å². The van der Waals surface area contributed by atoms with E-state index in [1.54, 1.807) is 23.9 Å². The fourth-order valence-corrected chi connectivity index (χ4v) is 4.47. The molecule has 0 spiro atoms. The first-order valence-electron chi connectivity index (χ1n) is 7.10. The molecule has 2 rings (SSSR count). The summed E-state index contributed by atoms with van der Waals surface area (Å²) in [6, 6.07) is 7.25. The van der Waals surface area contributed by atoms with E-state index in [9.17, 15) is 13.2 Å².